The van der Waals surface area contributed by atoms with E-state index < -0.39 is 22.7 Å². The number of nitrogens with zero attached hydrogens (tertiary/aromatic N) is 2. The largest absolute Gasteiger partial charge is 0.507 e. The molecule has 3 rings (SSSR count). The molecule has 1 fully saturated rings. The number of carbonyl (C=O) groups is 2. The molecule has 0 bridgehead atoms. The molecule has 1 aliphatic heterocycles. The standard InChI is InChI=1S/C24H24N2O6/c1-3-5-13-25-21(17-7-6-8-19(15-17)32-14-4-2)20(23(28)24(25)29)22(27)16-9-11-18(12-10-16)26(30)31/h4,6-12,15,21,27H,2-3,5,13-14H2,1H3/b22-20+. The summed E-state index contributed by atoms with van der Waals surface area (Å²) in [5.74, 6) is -1.32. The van der Waals surface area contributed by atoms with Crippen LogP contribution >= 0.6 is 0 Å². The second kappa shape index (κ2) is 9.91. The van der Waals surface area contributed by atoms with Gasteiger partial charge in [-0.25, -0.2) is 0 Å². The maximum Gasteiger partial charge on any atom is 0.295 e. The van der Waals surface area contributed by atoms with Crippen LogP contribution in [0.5, 0.6) is 5.75 Å². The summed E-state index contributed by atoms with van der Waals surface area (Å²) in [7, 11) is 0. The van der Waals surface area contributed by atoms with Crippen molar-refractivity contribution >= 4 is 23.1 Å². The molecule has 0 saturated carbocycles. The maximum absolute atomic E-state index is 12.9. The molecule has 0 radical (unpaired) electrons. The van der Waals surface area contributed by atoms with Gasteiger partial charge in [-0.3, -0.25) is 19.7 Å². The molecule has 0 aliphatic carbocycles. The molecule has 32 heavy (non-hydrogen) atoms. The van der Waals surface area contributed by atoms with E-state index in [2.05, 4.69) is 6.58 Å². The van der Waals surface area contributed by atoms with Crippen LogP contribution in [0.15, 0.2) is 66.8 Å². The molecule has 1 N–H and O–H groups in total. The zero-order valence-corrected chi connectivity index (χ0v) is 17.7. The molecule has 2 aromatic rings. The zero-order valence-electron chi connectivity index (χ0n) is 17.7. The Hall–Kier alpha value is -3.94. The predicted octanol–water partition coefficient (Wildman–Crippen LogP) is 4.38. The van der Waals surface area contributed by atoms with E-state index >= 15 is 0 Å². The highest BCUT2D eigenvalue weighted by Gasteiger charge is 2.45. The van der Waals surface area contributed by atoms with Crippen molar-refractivity contribution in [3.63, 3.8) is 0 Å². The molecule has 8 heteroatoms. The highest BCUT2D eigenvalue weighted by atomic mass is 16.6. The van der Waals surface area contributed by atoms with Gasteiger partial charge in [0.1, 0.15) is 18.1 Å². The van der Waals surface area contributed by atoms with Crippen LogP contribution in [0.1, 0.15) is 36.9 Å². The summed E-state index contributed by atoms with van der Waals surface area (Å²) in [5, 5.41) is 21.9. The molecule has 166 valence electrons. The van der Waals surface area contributed by atoms with Gasteiger partial charge in [-0.05, 0) is 36.2 Å². The number of ketones is 1. The summed E-state index contributed by atoms with van der Waals surface area (Å²) in [4.78, 5) is 37.6. The molecule has 2 aromatic carbocycles. The number of unbranched alkanes of at least 4 members (excludes halogenated alkanes) is 1. The van der Waals surface area contributed by atoms with E-state index in [4.69, 9.17) is 4.74 Å². The lowest BCUT2D eigenvalue weighted by atomic mass is 9.95. The number of ether oxygens (including phenoxy) is 1. The van der Waals surface area contributed by atoms with Crippen LogP contribution in [-0.2, 0) is 9.59 Å². The minimum Gasteiger partial charge on any atom is -0.507 e. The lowest BCUT2D eigenvalue weighted by molar-refractivity contribution is -0.384. The smallest absolute Gasteiger partial charge is 0.295 e. The van der Waals surface area contributed by atoms with E-state index in [0.717, 1.165) is 6.42 Å². The average molecular weight is 436 g/mol. The number of rotatable bonds is 9. The Bertz CT molecular complexity index is 1070. The van der Waals surface area contributed by atoms with Crippen molar-refractivity contribution in [1.29, 1.82) is 0 Å². The van der Waals surface area contributed by atoms with Gasteiger partial charge in [-0.15, -0.1) is 0 Å². The number of hydrogen-bond donors (Lipinski definition) is 1. The van der Waals surface area contributed by atoms with Crippen LogP contribution in [0.25, 0.3) is 5.76 Å². The number of benzene rings is 2. The molecule has 1 saturated heterocycles. The van der Waals surface area contributed by atoms with Crippen molar-refractivity contribution in [2.45, 2.75) is 25.8 Å². The van der Waals surface area contributed by atoms with Crippen molar-refractivity contribution < 1.29 is 24.4 Å². The molecular formula is C24H24N2O6. The summed E-state index contributed by atoms with van der Waals surface area (Å²) >= 11 is 0. The number of aliphatic hydroxyl groups excluding tert-OH is 1. The normalized spacial score (nSPS) is 17.4. The quantitative estimate of drug-likeness (QED) is 0.156. The van der Waals surface area contributed by atoms with Crippen LogP contribution in [0.2, 0.25) is 0 Å². The number of non-ortho nitro benzene ring substituents is 1. The van der Waals surface area contributed by atoms with Gasteiger partial charge < -0.3 is 14.7 Å². The molecule has 1 aliphatic rings. The van der Waals surface area contributed by atoms with Crippen molar-refractivity contribution in [2.75, 3.05) is 13.2 Å². The van der Waals surface area contributed by atoms with E-state index in [9.17, 15) is 24.8 Å². The first-order valence-corrected chi connectivity index (χ1v) is 10.3. The number of carbonyl (C=O) groups excluding carboxylic acids is 2. The summed E-state index contributed by atoms with van der Waals surface area (Å²) in [6.07, 6.45) is 3.11. The summed E-state index contributed by atoms with van der Waals surface area (Å²) in [6.45, 7) is 6.24. The number of nitro groups is 1. The Morgan fingerprint density at radius 2 is 1.97 bits per heavy atom. The first-order valence-electron chi connectivity index (χ1n) is 10.3. The van der Waals surface area contributed by atoms with Crippen molar-refractivity contribution in [3.05, 3.63) is 88.0 Å². The minimum absolute atomic E-state index is 0.0548. The van der Waals surface area contributed by atoms with Crippen LogP contribution in [-0.4, -0.2) is 39.8 Å². The molecule has 0 spiro atoms. The first kappa shape index (κ1) is 22.7. The summed E-state index contributed by atoms with van der Waals surface area (Å²) in [5.41, 5.74) is 0.632. The fourth-order valence-electron chi connectivity index (χ4n) is 3.61. The Balaban J connectivity index is 2.12. The third kappa shape index (κ3) is 4.54. The van der Waals surface area contributed by atoms with Crippen molar-refractivity contribution in [1.82, 2.24) is 4.90 Å². The molecule has 1 unspecified atom stereocenters. The van der Waals surface area contributed by atoms with E-state index in [1.54, 1.807) is 30.3 Å². The van der Waals surface area contributed by atoms with E-state index in [1.807, 2.05) is 6.92 Å². The van der Waals surface area contributed by atoms with Gasteiger partial charge in [0.2, 0.25) is 0 Å². The number of Topliss-reactive ketones (excluding diaryl/α,β-unsaturated/α-hetero) is 1. The van der Waals surface area contributed by atoms with Crippen LogP contribution < -0.4 is 4.74 Å². The van der Waals surface area contributed by atoms with Gasteiger partial charge in [-0.1, -0.05) is 38.1 Å². The van der Waals surface area contributed by atoms with Gasteiger partial charge in [0.15, 0.2) is 0 Å². The number of likely N-dealkylation sites (tertiary alicyclic amines) is 1. The fourth-order valence-corrected chi connectivity index (χ4v) is 3.61. The number of hydrogen-bond acceptors (Lipinski definition) is 6. The van der Waals surface area contributed by atoms with Crippen LogP contribution in [0.4, 0.5) is 5.69 Å². The predicted molar refractivity (Wildman–Crippen MR) is 119 cm³/mol. The fraction of sp³-hybridized carbons (Fsp3) is 0.250. The Kier molecular flexibility index (Phi) is 7.04. The topological polar surface area (TPSA) is 110 Å². The highest BCUT2D eigenvalue weighted by molar-refractivity contribution is 6.46. The Labute approximate surface area is 185 Å². The van der Waals surface area contributed by atoms with Crippen LogP contribution in [0.3, 0.4) is 0 Å². The zero-order chi connectivity index (χ0) is 23.3. The monoisotopic (exact) mass is 436 g/mol. The molecule has 1 amide bonds. The third-order valence-corrected chi connectivity index (χ3v) is 5.19. The third-order valence-electron chi connectivity index (χ3n) is 5.19. The Morgan fingerprint density at radius 3 is 2.59 bits per heavy atom. The van der Waals surface area contributed by atoms with Gasteiger partial charge in [-0.2, -0.15) is 0 Å². The summed E-state index contributed by atoms with van der Waals surface area (Å²) in [6, 6.07) is 11.4. The SMILES string of the molecule is C=CCOc1cccc(C2/C(=C(\O)c3ccc([N+](=O)[O-])cc3)C(=O)C(=O)N2CCCC)c1. The van der Waals surface area contributed by atoms with Gasteiger partial charge in [0, 0.05) is 24.2 Å². The molecule has 1 heterocycles. The van der Waals surface area contributed by atoms with Crippen molar-refractivity contribution in [3.8, 4) is 5.75 Å². The minimum atomic E-state index is -0.802. The maximum atomic E-state index is 12.9. The van der Waals surface area contributed by atoms with E-state index in [1.165, 1.54) is 29.2 Å². The van der Waals surface area contributed by atoms with Gasteiger partial charge in [0.05, 0.1) is 16.5 Å². The molecule has 1 atom stereocenters. The lowest BCUT2D eigenvalue weighted by Gasteiger charge is -2.25. The van der Waals surface area contributed by atoms with Crippen molar-refractivity contribution in [2.24, 2.45) is 0 Å². The molecule has 8 nitrogen and oxygen atoms in total. The number of amides is 1. The van der Waals surface area contributed by atoms with Crippen LogP contribution in [0, 0.1) is 10.1 Å². The molecule has 0 aromatic heterocycles. The highest BCUT2D eigenvalue weighted by Crippen LogP contribution is 2.40. The Morgan fingerprint density at radius 1 is 1.25 bits per heavy atom. The number of aliphatic hydroxyl groups is 1. The number of nitro benzene ring substituents is 1. The van der Waals surface area contributed by atoms with Gasteiger partial charge >= 0.3 is 0 Å². The van der Waals surface area contributed by atoms with Gasteiger partial charge in [0.25, 0.3) is 17.4 Å². The second-order valence-electron chi connectivity index (χ2n) is 7.32. The van der Waals surface area contributed by atoms with E-state index in [-0.39, 0.29) is 22.6 Å². The lowest BCUT2D eigenvalue weighted by Crippen LogP contribution is -2.30. The average Bonchev–Trinajstić information content (AvgIpc) is 3.06. The second-order valence-corrected chi connectivity index (χ2v) is 7.32. The molecular weight excluding hydrogens is 412 g/mol. The van der Waals surface area contributed by atoms with E-state index in [0.29, 0.717) is 30.9 Å². The first-order chi connectivity index (χ1) is 15.4. The summed E-state index contributed by atoms with van der Waals surface area (Å²) < 4.78 is 5.59.